The minimum absolute atomic E-state index is 0.121. The number of thiophene rings is 1. The molecule has 2 rings (SSSR count). The summed E-state index contributed by atoms with van der Waals surface area (Å²) >= 11 is 4.69. The zero-order valence-corrected chi connectivity index (χ0v) is 12.4. The van der Waals surface area contributed by atoms with Gasteiger partial charge in [0.25, 0.3) is 0 Å². The van der Waals surface area contributed by atoms with Crippen LogP contribution in [0.1, 0.15) is 22.0 Å². The number of benzene rings is 1. The van der Waals surface area contributed by atoms with Gasteiger partial charge in [-0.1, -0.05) is 0 Å². The van der Waals surface area contributed by atoms with Gasteiger partial charge < -0.3 is 5.73 Å². The van der Waals surface area contributed by atoms with Crippen molar-refractivity contribution in [3.05, 3.63) is 55.9 Å². The van der Waals surface area contributed by atoms with E-state index in [4.69, 9.17) is 5.73 Å². The predicted molar refractivity (Wildman–Crippen MR) is 74.1 cm³/mol. The van der Waals surface area contributed by atoms with Crippen LogP contribution in [0.5, 0.6) is 0 Å². The first kappa shape index (κ1) is 15.5. The van der Waals surface area contributed by atoms with Gasteiger partial charge in [0.2, 0.25) is 0 Å². The first-order valence-corrected chi connectivity index (χ1v) is 7.30. The van der Waals surface area contributed by atoms with E-state index in [2.05, 4.69) is 15.9 Å². The first-order chi connectivity index (χ1) is 9.27. The Morgan fingerprint density at radius 1 is 1.25 bits per heavy atom. The summed E-state index contributed by atoms with van der Waals surface area (Å²) in [6, 6.07) is 3.30. The van der Waals surface area contributed by atoms with Crippen molar-refractivity contribution in [1.82, 2.24) is 0 Å². The molecule has 1 unspecified atom stereocenters. The van der Waals surface area contributed by atoms with Crippen molar-refractivity contribution in [3.63, 3.8) is 0 Å². The van der Waals surface area contributed by atoms with E-state index in [1.54, 1.807) is 0 Å². The van der Waals surface area contributed by atoms with E-state index in [1.165, 1.54) is 11.3 Å². The lowest BCUT2D eigenvalue weighted by Crippen LogP contribution is -2.16. The second-order valence-corrected chi connectivity index (χ2v) is 6.19. The van der Waals surface area contributed by atoms with Crippen LogP contribution < -0.4 is 5.73 Å². The first-order valence-electron chi connectivity index (χ1n) is 5.62. The predicted octanol–water partition coefficient (Wildman–Crippen LogP) is 4.91. The number of nitrogens with two attached hydrogens (primary N) is 1. The van der Waals surface area contributed by atoms with Crippen LogP contribution in [0.4, 0.5) is 17.6 Å². The molecule has 0 saturated heterocycles. The van der Waals surface area contributed by atoms with Crippen LogP contribution in [0.2, 0.25) is 0 Å². The lowest BCUT2D eigenvalue weighted by atomic mass is 10.0. The van der Waals surface area contributed by atoms with E-state index in [1.807, 2.05) is 11.4 Å². The van der Waals surface area contributed by atoms with Gasteiger partial charge in [-0.25, -0.2) is 4.39 Å². The maximum absolute atomic E-state index is 13.7. The van der Waals surface area contributed by atoms with Gasteiger partial charge in [-0.2, -0.15) is 13.2 Å². The Kier molecular flexibility index (Phi) is 4.51. The molecule has 108 valence electrons. The molecule has 0 radical (unpaired) electrons. The second-order valence-electron chi connectivity index (χ2n) is 4.28. The Morgan fingerprint density at radius 3 is 2.50 bits per heavy atom. The molecule has 1 atom stereocenters. The number of hydrogen-bond acceptors (Lipinski definition) is 2. The van der Waals surface area contributed by atoms with Crippen molar-refractivity contribution in [2.45, 2.75) is 18.6 Å². The highest BCUT2D eigenvalue weighted by Crippen LogP contribution is 2.32. The van der Waals surface area contributed by atoms with E-state index in [0.717, 1.165) is 21.5 Å². The maximum atomic E-state index is 13.7. The Hall–Kier alpha value is -0.920. The molecule has 2 N–H and O–H groups in total. The van der Waals surface area contributed by atoms with Crippen molar-refractivity contribution in [2.24, 2.45) is 5.73 Å². The van der Waals surface area contributed by atoms with Crippen LogP contribution in [0, 0.1) is 5.82 Å². The van der Waals surface area contributed by atoms with Gasteiger partial charge in [-0.3, -0.25) is 0 Å². The highest BCUT2D eigenvalue weighted by Gasteiger charge is 2.31. The van der Waals surface area contributed by atoms with Crippen molar-refractivity contribution in [2.75, 3.05) is 0 Å². The second kappa shape index (κ2) is 5.83. The van der Waals surface area contributed by atoms with E-state index >= 15 is 0 Å². The van der Waals surface area contributed by atoms with Crippen LogP contribution in [0.25, 0.3) is 0 Å². The normalized spacial score (nSPS) is 13.5. The van der Waals surface area contributed by atoms with Gasteiger partial charge in [-0.05, 0) is 40.2 Å². The number of hydrogen-bond donors (Lipinski definition) is 1. The molecule has 1 aromatic carbocycles. The summed E-state index contributed by atoms with van der Waals surface area (Å²) < 4.78 is 52.4. The van der Waals surface area contributed by atoms with E-state index in [0.29, 0.717) is 6.07 Å². The summed E-state index contributed by atoms with van der Waals surface area (Å²) in [6.07, 6.45) is -4.22. The Balaban J connectivity index is 2.27. The molecular formula is C13H10BrF4NS. The lowest BCUT2D eigenvalue weighted by Gasteiger charge is -2.15. The summed E-state index contributed by atoms with van der Waals surface area (Å²) in [6.45, 7) is 0. The molecule has 7 heteroatoms. The van der Waals surface area contributed by atoms with Gasteiger partial charge >= 0.3 is 6.18 Å². The van der Waals surface area contributed by atoms with Gasteiger partial charge in [0, 0.05) is 32.8 Å². The van der Waals surface area contributed by atoms with Crippen LogP contribution in [-0.2, 0) is 12.6 Å². The number of rotatable bonds is 3. The highest BCUT2D eigenvalue weighted by molar-refractivity contribution is 9.10. The van der Waals surface area contributed by atoms with Crippen molar-refractivity contribution >= 4 is 27.3 Å². The largest absolute Gasteiger partial charge is 0.416 e. The summed E-state index contributed by atoms with van der Waals surface area (Å²) in [7, 11) is 0. The molecule has 20 heavy (non-hydrogen) atoms. The molecule has 0 amide bonds. The van der Waals surface area contributed by atoms with Crippen LogP contribution in [-0.4, -0.2) is 0 Å². The maximum Gasteiger partial charge on any atom is 0.416 e. The van der Waals surface area contributed by atoms with Crippen LogP contribution >= 0.6 is 27.3 Å². The number of halogens is 5. The third-order valence-corrected chi connectivity index (χ3v) is 4.49. The molecule has 0 fully saturated rings. The van der Waals surface area contributed by atoms with E-state index < -0.39 is 23.6 Å². The summed E-state index contributed by atoms with van der Waals surface area (Å²) in [4.78, 5) is 0.876. The third-order valence-electron chi connectivity index (χ3n) is 2.77. The monoisotopic (exact) mass is 367 g/mol. The average molecular weight is 368 g/mol. The van der Waals surface area contributed by atoms with Crippen LogP contribution in [0.15, 0.2) is 34.1 Å². The zero-order valence-electron chi connectivity index (χ0n) is 10.0. The van der Waals surface area contributed by atoms with Gasteiger partial charge in [0.05, 0.1) is 5.56 Å². The standard InChI is InChI=1S/C13H10BrF4NS/c14-8-4-9(20-6-8)5-12(19)10-3-7(13(16,17)18)1-2-11(10)15/h1-4,6,12H,5,19H2. The molecule has 0 bridgehead atoms. The van der Waals surface area contributed by atoms with Gasteiger partial charge in [0.1, 0.15) is 5.82 Å². The number of alkyl halides is 3. The van der Waals surface area contributed by atoms with Gasteiger partial charge in [-0.15, -0.1) is 11.3 Å². The molecule has 1 nitrogen and oxygen atoms in total. The van der Waals surface area contributed by atoms with Crippen molar-refractivity contribution in [3.8, 4) is 0 Å². The summed E-state index contributed by atoms with van der Waals surface area (Å²) in [5.74, 6) is -0.721. The zero-order chi connectivity index (χ0) is 14.9. The molecule has 0 aliphatic carbocycles. The average Bonchev–Trinajstić information content (AvgIpc) is 2.73. The van der Waals surface area contributed by atoms with Crippen LogP contribution in [0.3, 0.4) is 0 Å². The molecule has 1 aromatic heterocycles. The Morgan fingerprint density at radius 2 is 1.95 bits per heavy atom. The van der Waals surface area contributed by atoms with E-state index in [9.17, 15) is 17.6 Å². The quantitative estimate of drug-likeness (QED) is 0.766. The minimum Gasteiger partial charge on any atom is -0.324 e. The van der Waals surface area contributed by atoms with E-state index in [-0.39, 0.29) is 12.0 Å². The fraction of sp³-hybridized carbons (Fsp3) is 0.231. The molecule has 0 aliphatic heterocycles. The van der Waals surface area contributed by atoms with Gasteiger partial charge in [0.15, 0.2) is 0 Å². The Bertz CT molecular complexity index is 609. The topological polar surface area (TPSA) is 26.0 Å². The minimum atomic E-state index is -4.51. The third kappa shape index (κ3) is 3.59. The highest BCUT2D eigenvalue weighted by atomic mass is 79.9. The summed E-state index contributed by atoms with van der Waals surface area (Å²) in [5.41, 5.74) is 4.82. The molecule has 0 spiro atoms. The molecule has 2 aromatic rings. The fourth-order valence-electron chi connectivity index (χ4n) is 1.79. The molecule has 0 aliphatic rings. The molecular weight excluding hydrogens is 358 g/mol. The summed E-state index contributed by atoms with van der Waals surface area (Å²) in [5, 5.41) is 1.84. The smallest absolute Gasteiger partial charge is 0.324 e. The molecule has 0 saturated carbocycles. The van der Waals surface area contributed by atoms with Crippen molar-refractivity contribution < 1.29 is 17.6 Å². The van der Waals surface area contributed by atoms with Crippen molar-refractivity contribution in [1.29, 1.82) is 0 Å². The SMILES string of the molecule is NC(Cc1cc(Br)cs1)c1cc(C(F)(F)F)ccc1F. The lowest BCUT2D eigenvalue weighted by molar-refractivity contribution is -0.137. The molecule has 1 heterocycles. The Labute approximate surface area is 125 Å². The fourth-order valence-corrected chi connectivity index (χ4v) is 3.30.